The number of anilines is 1. The van der Waals surface area contributed by atoms with Crippen LogP contribution in [0.3, 0.4) is 0 Å². The standard InChI is InChI=1S/C11H14N2O.2H2/c14-11(8-12-9-6-7-9)13-10-4-2-1-3-5-10;;/h1-5,9,12H,6-8H2,(H,13,14);2*1H. The van der Waals surface area contributed by atoms with Crippen molar-refractivity contribution in [3.63, 3.8) is 0 Å². The van der Waals surface area contributed by atoms with Crippen molar-refractivity contribution >= 4 is 11.6 Å². The monoisotopic (exact) mass is 194 g/mol. The minimum Gasteiger partial charge on any atom is -0.325 e. The maximum atomic E-state index is 11.4. The van der Waals surface area contributed by atoms with E-state index in [2.05, 4.69) is 10.6 Å². The highest BCUT2D eigenvalue weighted by molar-refractivity contribution is 5.92. The number of amides is 1. The summed E-state index contributed by atoms with van der Waals surface area (Å²) in [5.74, 6) is 0.0306. The number of para-hydroxylation sites is 1. The SMILES string of the molecule is O=C(CNC1CC1)Nc1ccccc1.[HH].[HH]. The first kappa shape index (κ1) is 9.21. The highest BCUT2D eigenvalue weighted by Gasteiger charge is 2.20. The molecule has 2 rings (SSSR count). The van der Waals surface area contributed by atoms with E-state index in [-0.39, 0.29) is 8.76 Å². The van der Waals surface area contributed by atoms with Crippen LogP contribution < -0.4 is 10.6 Å². The number of carbonyl (C=O) groups excluding carboxylic acids is 1. The first-order valence-electron chi connectivity index (χ1n) is 4.93. The minimum absolute atomic E-state index is 0. The van der Waals surface area contributed by atoms with Crippen molar-refractivity contribution in [1.82, 2.24) is 5.32 Å². The van der Waals surface area contributed by atoms with E-state index < -0.39 is 0 Å². The Morgan fingerprint density at radius 3 is 2.71 bits per heavy atom. The Bertz CT molecular complexity index is 315. The number of hydrogen-bond acceptors (Lipinski definition) is 2. The van der Waals surface area contributed by atoms with Crippen LogP contribution in [-0.2, 0) is 4.79 Å². The van der Waals surface area contributed by atoms with Gasteiger partial charge in [0.15, 0.2) is 0 Å². The van der Waals surface area contributed by atoms with Gasteiger partial charge >= 0.3 is 0 Å². The molecule has 0 bridgehead atoms. The van der Waals surface area contributed by atoms with E-state index in [0.29, 0.717) is 12.6 Å². The second-order valence-electron chi connectivity index (χ2n) is 3.57. The fourth-order valence-corrected chi connectivity index (χ4v) is 1.25. The fraction of sp³-hybridized carbons (Fsp3) is 0.364. The summed E-state index contributed by atoms with van der Waals surface area (Å²) in [7, 11) is 0. The number of carbonyl (C=O) groups is 1. The molecule has 14 heavy (non-hydrogen) atoms. The molecule has 1 aliphatic carbocycles. The maximum absolute atomic E-state index is 11.4. The van der Waals surface area contributed by atoms with E-state index >= 15 is 0 Å². The molecule has 2 N–H and O–H groups in total. The zero-order valence-electron chi connectivity index (χ0n) is 7.99. The molecule has 1 aliphatic rings. The second-order valence-corrected chi connectivity index (χ2v) is 3.57. The van der Waals surface area contributed by atoms with E-state index in [4.69, 9.17) is 0 Å². The van der Waals surface area contributed by atoms with Gasteiger partial charge in [-0.3, -0.25) is 4.79 Å². The van der Waals surface area contributed by atoms with Gasteiger partial charge in [-0.15, -0.1) is 0 Å². The third kappa shape index (κ3) is 2.85. The lowest BCUT2D eigenvalue weighted by Crippen LogP contribution is -2.29. The van der Waals surface area contributed by atoms with Gasteiger partial charge in [-0.05, 0) is 25.0 Å². The van der Waals surface area contributed by atoms with Crippen molar-refractivity contribution in [2.45, 2.75) is 18.9 Å². The van der Waals surface area contributed by atoms with E-state index in [0.717, 1.165) is 5.69 Å². The molecule has 78 valence electrons. The number of rotatable bonds is 4. The predicted molar refractivity (Wildman–Crippen MR) is 60.3 cm³/mol. The molecular weight excluding hydrogens is 176 g/mol. The molecule has 1 aromatic carbocycles. The molecule has 1 fully saturated rings. The quantitative estimate of drug-likeness (QED) is 0.768. The molecule has 1 amide bonds. The van der Waals surface area contributed by atoms with Crippen molar-refractivity contribution in [2.75, 3.05) is 11.9 Å². The van der Waals surface area contributed by atoms with Crippen LogP contribution >= 0.6 is 0 Å². The van der Waals surface area contributed by atoms with Gasteiger partial charge in [0.25, 0.3) is 0 Å². The number of benzene rings is 1. The lowest BCUT2D eigenvalue weighted by molar-refractivity contribution is -0.115. The molecule has 0 unspecified atom stereocenters. The summed E-state index contributed by atoms with van der Waals surface area (Å²) >= 11 is 0. The lowest BCUT2D eigenvalue weighted by atomic mass is 10.3. The van der Waals surface area contributed by atoms with Crippen molar-refractivity contribution in [1.29, 1.82) is 0 Å². The minimum atomic E-state index is 0. The van der Waals surface area contributed by atoms with Gasteiger partial charge in [-0.1, -0.05) is 18.2 Å². The zero-order valence-corrected chi connectivity index (χ0v) is 7.99. The van der Waals surface area contributed by atoms with Crippen molar-refractivity contribution in [3.8, 4) is 0 Å². The normalized spacial score (nSPS) is 15.1. The second kappa shape index (κ2) is 4.24. The van der Waals surface area contributed by atoms with Gasteiger partial charge in [0.2, 0.25) is 5.91 Å². The average Bonchev–Trinajstić information content (AvgIpc) is 3.00. The molecule has 3 heteroatoms. The van der Waals surface area contributed by atoms with Crippen molar-refractivity contribution in [2.24, 2.45) is 0 Å². The van der Waals surface area contributed by atoms with Crippen LogP contribution in [-0.4, -0.2) is 18.5 Å². The summed E-state index contributed by atoms with van der Waals surface area (Å²) in [6.45, 7) is 0.416. The predicted octanol–water partition coefficient (Wildman–Crippen LogP) is 1.87. The third-order valence-corrected chi connectivity index (χ3v) is 2.19. The van der Waals surface area contributed by atoms with Gasteiger partial charge < -0.3 is 10.6 Å². The largest absolute Gasteiger partial charge is 0.325 e. The smallest absolute Gasteiger partial charge is 0.238 e. The molecule has 0 aliphatic heterocycles. The molecule has 0 radical (unpaired) electrons. The fourth-order valence-electron chi connectivity index (χ4n) is 1.25. The van der Waals surface area contributed by atoms with E-state index in [1.54, 1.807) is 0 Å². The highest BCUT2D eigenvalue weighted by Crippen LogP contribution is 2.18. The molecule has 0 saturated heterocycles. The molecule has 1 aromatic rings. The first-order valence-corrected chi connectivity index (χ1v) is 4.93. The lowest BCUT2D eigenvalue weighted by Gasteiger charge is -2.05. The Morgan fingerprint density at radius 1 is 1.36 bits per heavy atom. The summed E-state index contributed by atoms with van der Waals surface area (Å²) < 4.78 is 0. The highest BCUT2D eigenvalue weighted by atomic mass is 16.1. The van der Waals surface area contributed by atoms with Crippen LogP contribution in [0.1, 0.15) is 15.7 Å². The third-order valence-electron chi connectivity index (χ3n) is 2.19. The molecule has 0 spiro atoms. The van der Waals surface area contributed by atoms with Crippen molar-refractivity contribution < 1.29 is 7.65 Å². The Morgan fingerprint density at radius 2 is 2.07 bits per heavy atom. The number of hydrogen-bond donors (Lipinski definition) is 2. The molecule has 0 atom stereocenters. The van der Waals surface area contributed by atoms with E-state index in [1.165, 1.54) is 12.8 Å². The summed E-state index contributed by atoms with van der Waals surface area (Å²) in [5.41, 5.74) is 0.857. The Balaban J connectivity index is 0.00000112. The van der Waals surface area contributed by atoms with Crippen LogP contribution in [0.5, 0.6) is 0 Å². The van der Waals surface area contributed by atoms with Crippen LogP contribution in [0.2, 0.25) is 0 Å². The van der Waals surface area contributed by atoms with Crippen LogP contribution in [0.4, 0.5) is 5.69 Å². The molecule has 0 aromatic heterocycles. The zero-order chi connectivity index (χ0) is 9.80. The topological polar surface area (TPSA) is 41.1 Å². The molecule has 0 heterocycles. The summed E-state index contributed by atoms with van der Waals surface area (Å²) in [4.78, 5) is 11.4. The van der Waals surface area contributed by atoms with E-state index in [1.807, 2.05) is 30.3 Å². The molecular formula is C11H18N2O. The summed E-state index contributed by atoms with van der Waals surface area (Å²) in [5, 5.41) is 5.99. The number of nitrogens with one attached hydrogen (secondary N) is 2. The molecule has 3 nitrogen and oxygen atoms in total. The molecule has 1 saturated carbocycles. The Labute approximate surface area is 86.5 Å². The summed E-state index contributed by atoms with van der Waals surface area (Å²) in [6.07, 6.45) is 2.41. The Kier molecular flexibility index (Phi) is 2.79. The van der Waals surface area contributed by atoms with Crippen molar-refractivity contribution in [3.05, 3.63) is 30.3 Å². The van der Waals surface area contributed by atoms with Gasteiger partial charge in [-0.2, -0.15) is 0 Å². The van der Waals surface area contributed by atoms with Crippen LogP contribution in [0.25, 0.3) is 0 Å². The van der Waals surface area contributed by atoms with E-state index in [9.17, 15) is 4.79 Å². The van der Waals surface area contributed by atoms with Gasteiger partial charge in [0, 0.05) is 14.6 Å². The maximum Gasteiger partial charge on any atom is 0.238 e. The van der Waals surface area contributed by atoms with Gasteiger partial charge in [-0.25, -0.2) is 0 Å². The van der Waals surface area contributed by atoms with Gasteiger partial charge in [0.05, 0.1) is 6.54 Å². The van der Waals surface area contributed by atoms with Gasteiger partial charge in [0.1, 0.15) is 0 Å². The summed E-state index contributed by atoms with van der Waals surface area (Å²) in [6, 6.07) is 10.1. The van der Waals surface area contributed by atoms with Crippen LogP contribution in [0.15, 0.2) is 30.3 Å². The average molecular weight is 194 g/mol. The van der Waals surface area contributed by atoms with Crippen LogP contribution in [0, 0.1) is 0 Å². The first-order chi connectivity index (χ1) is 6.84. The Hall–Kier alpha value is -1.35.